The molecule has 0 aromatic heterocycles. The maximum Gasteiger partial charge on any atom is 0.151 e. The van der Waals surface area contributed by atoms with Crippen LogP contribution >= 0.6 is 0 Å². The molecule has 0 aromatic carbocycles. The molecule has 0 spiro atoms. The quantitative estimate of drug-likeness (QED) is 0.778. The second kappa shape index (κ2) is 4.52. The van der Waals surface area contributed by atoms with Crippen molar-refractivity contribution >= 4 is 9.84 Å². The third-order valence-corrected chi connectivity index (χ3v) is 6.31. The standard InChI is InChI=1S/C12H22N2O2S/c15-17(16)8-5-10(9-17)13-11-4-7-14-6-2-1-3-12(11)14/h10-13H,1-9H2. The Morgan fingerprint density at radius 1 is 1.06 bits per heavy atom. The molecular weight excluding hydrogens is 236 g/mol. The molecule has 1 N–H and O–H groups in total. The van der Waals surface area contributed by atoms with Gasteiger partial charge in [-0.1, -0.05) is 6.42 Å². The maximum atomic E-state index is 11.4. The van der Waals surface area contributed by atoms with Gasteiger partial charge in [-0.15, -0.1) is 0 Å². The Bertz CT molecular complexity index is 382. The Kier molecular flexibility index (Phi) is 3.17. The predicted molar refractivity (Wildman–Crippen MR) is 67.8 cm³/mol. The summed E-state index contributed by atoms with van der Waals surface area (Å²) in [5, 5.41) is 3.61. The molecule has 0 saturated carbocycles. The number of nitrogens with zero attached hydrogens (tertiary/aromatic N) is 1. The minimum Gasteiger partial charge on any atom is -0.309 e. The first-order valence-corrected chi connectivity index (χ1v) is 8.67. The van der Waals surface area contributed by atoms with Gasteiger partial charge >= 0.3 is 0 Å². The van der Waals surface area contributed by atoms with Crippen LogP contribution in [0.4, 0.5) is 0 Å². The van der Waals surface area contributed by atoms with Crippen molar-refractivity contribution in [3.05, 3.63) is 0 Å². The summed E-state index contributed by atoms with van der Waals surface area (Å²) in [6, 6.07) is 1.42. The van der Waals surface area contributed by atoms with E-state index in [1.807, 2.05) is 0 Å². The molecule has 3 saturated heterocycles. The van der Waals surface area contributed by atoms with E-state index in [1.165, 1.54) is 38.8 Å². The van der Waals surface area contributed by atoms with E-state index < -0.39 is 9.84 Å². The predicted octanol–water partition coefficient (Wildman–Crippen LogP) is 0.390. The lowest BCUT2D eigenvalue weighted by atomic mass is 9.98. The van der Waals surface area contributed by atoms with E-state index in [4.69, 9.17) is 0 Å². The van der Waals surface area contributed by atoms with Crippen molar-refractivity contribution in [3.63, 3.8) is 0 Å². The molecule has 3 fully saturated rings. The van der Waals surface area contributed by atoms with Gasteiger partial charge in [-0.2, -0.15) is 0 Å². The number of fused-ring (bicyclic) bond motifs is 1. The molecule has 4 nitrogen and oxygen atoms in total. The van der Waals surface area contributed by atoms with E-state index in [0.717, 1.165) is 6.42 Å². The molecular formula is C12H22N2O2S. The van der Waals surface area contributed by atoms with Crippen molar-refractivity contribution in [2.75, 3.05) is 24.6 Å². The third-order valence-electron chi connectivity index (χ3n) is 4.54. The fourth-order valence-electron chi connectivity index (χ4n) is 3.67. The summed E-state index contributed by atoms with van der Waals surface area (Å²) in [4.78, 5) is 2.59. The van der Waals surface area contributed by atoms with E-state index in [9.17, 15) is 8.42 Å². The van der Waals surface area contributed by atoms with Crippen LogP contribution in [0.25, 0.3) is 0 Å². The van der Waals surface area contributed by atoms with Gasteiger partial charge in [0.05, 0.1) is 11.5 Å². The first kappa shape index (κ1) is 11.9. The van der Waals surface area contributed by atoms with Crippen molar-refractivity contribution in [2.24, 2.45) is 0 Å². The molecule has 0 amide bonds. The SMILES string of the molecule is O=S1(=O)CCC(NC2CCN3CCCCC23)C1. The number of piperidine rings is 1. The van der Waals surface area contributed by atoms with Crippen molar-refractivity contribution in [1.29, 1.82) is 0 Å². The van der Waals surface area contributed by atoms with Crippen LogP contribution < -0.4 is 5.32 Å². The highest BCUT2D eigenvalue weighted by atomic mass is 32.2. The number of hydrogen-bond donors (Lipinski definition) is 1. The average molecular weight is 258 g/mol. The first-order chi connectivity index (χ1) is 8.14. The Morgan fingerprint density at radius 3 is 2.71 bits per heavy atom. The normalized spacial score (nSPS) is 41.5. The van der Waals surface area contributed by atoms with E-state index >= 15 is 0 Å². The van der Waals surface area contributed by atoms with Gasteiger partial charge in [0.1, 0.15) is 0 Å². The van der Waals surface area contributed by atoms with Crippen LogP contribution in [0.15, 0.2) is 0 Å². The number of nitrogens with one attached hydrogen (secondary N) is 1. The van der Waals surface area contributed by atoms with Crippen LogP contribution in [0.1, 0.15) is 32.1 Å². The Labute approximate surface area is 104 Å². The van der Waals surface area contributed by atoms with Crippen LogP contribution in [-0.4, -0.2) is 56.0 Å². The molecule has 3 unspecified atom stereocenters. The minimum absolute atomic E-state index is 0.215. The summed E-state index contributed by atoms with van der Waals surface area (Å²) in [6.07, 6.45) is 5.97. The Morgan fingerprint density at radius 2 is 1.94 bits per heavy atom. The van der Waals surface area contributed by atoms with Gasteiger partial charge in [0, 0.05) is 24.7 Å². The molecule has 3 aliphatic rings. The highest BCUT2D eigenvalue weighted by Crippen LogP contribution is 2.28. The van der Waals surface area contributed by atoms with Gasteiger partial charge in [-0.25, -0.2) is 8.42 Å². The molecule has 98 valence electrons. The molecule has 17 heavy (non-hydrogen) atoms. The molecule has 3 atom stereocenters. The molecule has 0 bridgehead atoms. The van der Waals surface area contributed by atoms with E-state index in [0.29, 0.717) is 23.6 Å². The third kappa shape index (κ3) is 2.51. The molecule has 0 aromatic rings. The first-order valence-electron chi connectivity index (χ1n) is 6.85. The summed E-state index contributed by atoms with van der Waals surface area (Å²) in [5.41, 5.74) is 0. The van der Waals surface area contributed by atoms with Gasteiger partial charge in [-0.05, 0) is 32.2 Å². The zero-order chi connectivity index (χ0) is 11.9. The second-order valence-corrected chi connectivity index (χ2v) is 7.99. The van der Waals surface area contributed by atoms with Gasteiger partial charge in [-0.3, -0.25) is 4.90 Å². The fraction of sp³-hybridized carbons (Fsp3) is 1.00. The lowest BCUT2D eigenvalue weighted by Crippen LogP contribution is -2.48. The monoisotopic (exact) mass is 258 g/mol. The van der Waals surface area contributed by atoms with Gasteiger partial charge in [0.25, 0.3) is 0 Å². The smallest absolute Gasteiger partial charge is 0.151 e. The fourth-order valence-corrected chi connectivity index (χ4v) is 5.36. The molecule has 0 radical (unpaired) electrons. The van der Waals surface area contributed by atoms with Crippen LogP contribution in [0, 0.1) is 0 Å². The minimum atomic E-state index is -2.74. The topological polar surface area (TPSA) is 49.4 Å². The van der Waals surface area contributed by atoms with Crippen molar-refractivity contribution < 1.29 is 8.42 Å². The largest absolute Gasteiger partial charge is 0.309 e. The van der Waals surface area contributed by atoms with Crippen molar-refractivity contribution in [2.45, 2.75) is 50.2 Å². The molecule has 3 rings (SSSR count). The Hall–Kier alpha value is -0.130. The van der Waals surface area contributed by atoms with E-state index in [2.05, 4.69) is 10.2 Å². The second-order valence-electron chi connectivity index (χ2n) is 5.76. The van der Waals surface area contributed by atoms with Crippen molar-refractivity contribution in [3.8, 4) is 0 Å². The lowest BCUT2D eigenvalue weighted by molar-refractivity contribution is 0.177. The van der Waals surface area contributed by atoms with E-state index in [1.54, 1.807) is 0 Å². The van der Waals surface area contributed by atoms with Gasteiger partial charge in [0.15, 0.2) is 9.84 Å². The van der Waals surface area contributed by atoms with Crippen LogP contribution in [-0.2, 0) is 9.84 Å². The van der Waals surface area contributed by atoms with Gasteiger partial charge in [0.2, 0.25) is 0 Å². The number of rotatable bonds is 2. The molecule has 0 aliphatic carbocycles. The summed E-state index contributed by atoms with van der Waals surface area (Å²) in [5.74, 6) is 0.738. The average Bonchev–Trinajstić information content (AvgIpc) is 2.84. The summed E-state index contributed by atoms with van der Waals surface area (Å²) < 4.78 is 22.9. The maximum absolute atomic E-state index is 11.4. The summed E-state index contributed by atoms with van der Waals surface area (Å²) >= 11 is 0. The van der Waals surface area contributed by atoms with E-state index in [-0.39, 0.29) is 6.04 Å². The summed E-state index contributed by atoms with van der Waals surface area (Å²) in [7, 11) is -2.74. The molecule has 3 heterocycles. The van der Waals surface area contributed by atoms with Crippen LogP contribution in [0.3, 0.4) is 0 Å². The zero-order valence-electron chi connectivity index (χ0n) is 10.3. The number of hydrogen-bond acceptors (Lipinski definition) is 4. The zero-order valence-corrected chi connectivity index (χ0v) is 11.1. The van der Waals surface area contributed by atoms with Gasteiger partial charge < -0.3 is 5.32 Å². The van der Waals surface area contributed by atoms with Crippen molar-refractivity contribution in [1.82, 2.24) is 10.2 Å². The lowest BCUT2D eigenvalue weighted by Gasteiger charge is -2.33. The summed E-state index contributed by atoms with van der Waals surface area (Å²) in [6.45, 7) is 2.44. The highest BCUT2D eigenvalue weighted by Gasteiger charge is 2.38. The highest BCUT2D eigenvalue weighted by molar-refractivity contribution is 7.91. The Balaban J connectivity index is 1.59. The number of sulfone groups is 1. The van der Waals surface area contributed by atoms with Crippen LogP contribution in [0.5, 0.6) is 0 Å². The molecule has 3 aliphatic heterocycles. The molecule has 5 heteroatoms. The van der Waals surface area contributed by atoms with Crippen LogP contribution in [0.2, 0.25) is 0 Å².